The minimum absolute atomic E-state index is 0.0172. The Kier molecular flexibility index (Phi) is 10.8. The van der Waals surface area contributed by atoms with Crippen LogP contribution in [0, 0.1) is 0 Å². The summed E-state index contributed by atoms with van der Waals surface area (Å²) in [6.45, 7) is 3.44. The maximum atomic E-state index is 12.1. The summed E-state index contributed by atoms with van der Waals surface area (Å²) in [6, 6.07) is 6.51. The number of nitrogens with zero attached hydrogens (tertiary/aromatic N) is 2. The van der Waals surface area contributed by atoms with Crippen LogP contribution in [0.5, 0.6) is 0 Å². The predicted octanol–water partition coefficient (Wildman–Crippen LogP) is 0.419. The van der Waals surface area contributed by atoms with Crippen molar-refractivity contribution < 1.29 is 14.4 Å². The molecule has 0 aliphatic carbocycles. The Balaban J connectivity index is 1.56. The highest BCUT2D eigenvalue weighted by atomic mass is 35.5. The number of nitrogens with two attached hydrogens (primary N) is 2. The van der Waals surface area contributed by atoms with Crippen LogP contribution < -0.4 is 27.4 Å². The third-order valence-electron chi connectivity index (χ3n) is 5.09. The van der Waals surface area contributed by atoms with Crippen molar-refractivity contribution in [1.29, 1.82) is 0 Å². The third kappa shape index (κ3) is 9.97. The number of hydrogen-bond donors (Lipinski definition) is 5. The fourth-order valence-electron chi connectivity index (χ4n) is 3.32. The van der Waals surface area contributed by atoms with Gasteiger partial charge in [-0.15, -0.1) is 0 Å². The molecule has 1 fully saturated rings. The number of hydrogen-bond acceptors (Lipinski definition) is 5. The quantitative estimate of drug-likeness (QED) is 0.146. The monoisotopic (exact) mass is 465 g/mol. The molecule has 7 N–H and O–H groups in total. The van der Waals surface area contributed by atoms with Gasteiger partial charge in [0.1, 0.15) is 0 Å². The number of amides is 3. The molecule has 176 valence electrons. The van der Waals surface area contributed by atoms with E-state index in [0.717, 1.165) is 45.3 Å². The fourth-order valence-corrected chi connectivity index (χ4v) is 3.45. The second kappa shape index (κ2) is 13.5. The molecule has 10 nitrogen and oxygen atoms in total. The Morgan fingerprint density at radius 3 is 2.41 bits per heavy atom. The van der Waals surface area contributed by atoms with Gasteiger partial charge >= 0.3 is 11.8 Å². The molecule has 0 atom stereocenters. The minimum Gasteiger partial charge on any atom is -0.370 e. The Morgan fingerprint density at radius 2 is 1.75 bits per heavy atom. The highest BCUT2D eigenvalue weighted by molar-refractivity contribution is 6.39. The van der Waals surface area contributed by atoms with Gasteiger partial charge in [-0.1, -0.05) is 11.6 Å². The number of rotatable bonds is 10. The van der Waals surface area contributed by atoms with E-state index in [1.165, 1.54) is 0 Å². The lowest BCUT2D eigenvalue weighted by Gasteiger charge is -2.32. The minimum atomic E-state index is -0.698. The summed E-state index contributed by atoms with van der Waals surface area (Å²) in [7, 11) is 0. The second-order valence-electron chi connectivity index (χ2n) is 7.66. The van der Waals surface area contributed by atoms with E-state index < -0.39 is 11.8 Å². The van der Waals surface area contributed by atoms with Crippen molar-refractivity contribution in [1.82, 2.24) is 15.5 Å². The molecule has 0 aromatic heterocycles. The van der Waals surface area contributed by atoms with Gasteiger partial charge in [0.15, 0.2) is 5.96 Å². The van der Waals surface area contributed by atoms with Crippen LogP contribution in [-0.2, 0) is 14.4 Å². The first-order valence-corrected chi connectivity index (χ1v) is 11.1. The highest BCUT2D eigenvalue weighted by Crippen LogP contribution is 2.13. The molecule has 0 bridgehead atoms. The summed E-state index contributed by atoms with van der Waals surface area (Å²) >= 11 is 5.81. The van der Waals surface area contributed by atoms with Crippen molar-refractivity contribution in [2.45, 2.75) is 38.1 Å². The number of aliphatic imine (C=N–C) groups is 1. The lowest BCUT2D eigenvalue weighted by atomic mass is 10.0. The van der Waals surface area contributed by atoms with E-state index >= 15 is 0 Å². The molecule has 0 unspecified atom stereocenters. The van der Waals surface area contributed by atoms with Crippen LogP contribution in [0.25, 0.3) is 0 Å². The zero-order valence-corrected chi connectivity index (χ0v) is 18.9. The van der Waals surface area contributed by atoms with E-state index in [2.05, 4.69) is 25.8 Å². The molecule has 11 heteroatoms. The molecule has 3 amide bonds. The lowest BCUT2D eigenvalue weighted by Crippen LogP contribution is -2.48. The topological polar surface area (TPSA) is 155 Å². The van der Waals surface area contributed by atoms with Crippen LogP contribution in [0.15, 0.2) is 29.3 Å². The maximum Gasteiger partial charge on any atom is 0.313 e. The number of unbranched alkanes of at least 4 members (excludes halogenated alkanes) is 1. The van der Waals surface area contributed by atoms with Crippen LogP contribution >= 0.6 is 11.6 Å². The van der Waals surface area contributed by atoms with Gasteiger partial charge in [-0.3, -0.25) is 19.4 Å². The van der Waals surface area contributed by atoms with Crippen LogP contribution in [0.3, 0.4) is 0 Å². The molecular weight excluding hydrogens is 434 g/mol. The molecule has 0 spiro atoms. The van der Waals surface area contributed by atoms with Crippen LogP contribution in [0.1, 0.15) is 32.1 Å². The summed E-state index contributed by atoms with van der Waals surface area (Å²) < 4.78 is 0. The van der Waals surface area contributed by atoms with Gasteiger partial charge in [0.05, 0.1) is 0 Å². The highest BCUT2D eigenvalue weighted by Gasteiger charge is 2.23. The largest absolute Gasteiger partial charge is 0.370 e. The van der Waals surface area contributed by atoms with E-state index in [4.69, 9.17) is 23.1 Å². The molecule has 0 radical (unpaired) electrons. The Labute approximate surface area is 193 Å². The van der Waals surface area contributed by atoms with Crippen molar-refractivity contribution in [2.24, 2.45) is 16.5 Å². The number of halogens is 1. The average Bonchev–Trinajstić information content (AvgIpc) is 2.76. The number of nitrogens with one attached hydrogen (secondary N) is 3. The number of guanidine groups is 1. The number of likely N-dealkylation sites (tertiary alicyclic amines) is 1. The molecular formula is C21H32ClN7O3. The van der Waals surface area contributed by atoms with Crippen molar-refractivity contribution in [3.05, 3.63) is 29.3 Å². The molecule has 1 saturated heterocycles. The zero-order chi connectivity index (χ0) is 23.3. The number of carbonyl (C=O) groups is 3. The number of carbonyl (C=O) groups excluding carboxylic acids is 3. The lowest BCUT2D eigenvalue weighted by molar-refractivity contribution is -0.136. The normalized spacial score (nSPS) is 14.4. The van der Waals surface area contributed by atoms with E-state index in [1.54, 1.807) is 24.3 Å². The standard InChI is InChI=1S/C21H32ClN7O3/c22-15-4-6-16(7-5-15)27-19(31)20(32)28-17-8-12-29(13-9-17)14-11-25-18(30)3-1-2-10-26-21(23)24/h4-7,17H,1-3,8-14H2,(H,25,30)(H,27,31)(H,28,32)(H4,23,24,26). The molecule has 1 heterocycles. The molecule has 0 saturated carbocycles. The maximum absolute atomic E-state index is 12.1. The number of benzene rings is 1. The molecule has 1 aromatic rings. The van der Waals surface area contributed by atoms with Gasteiger partial charge in [-0.2, -0.15) is 0 Å². The smallest absolute Gasteiger partial charge is 0.313 e. The van der Waals surface area contributed by atoms with Crippen molar-refractivity contribution >= 4 is 41.0 Å². The Morgan fingerprint density at radius 1 is 1.06 bits per heavy atom. The Hall–Kier alpha value is -2.85. The third-order valence-corrected chi connectivity index (χ3v) is 5.34. The van der Waals surface area contributed by atoms with E-state index in [0.29, 0.717) is 30.2 Å². The van der Waals surface area contributed by atoms with Gasteiger partial charge in [-0.25, -0.2) is 0 Å². The first kappa shape index (κ1) is 25.4. The zero-order valence-electron chi connectivity index (χ0n) is 18.1. The van der Waals surface area contributed by atoms with Crippen LogP contribution in [0.2, 0.25) is 5.02 Å². The van der Waals surface area contributed by atoms with Gasteiger partial charge in [0, 0.05) is 55.9 Å². The number of piperidine rings is 1. The SMILES string of the molecule is NC(N)=NCCCCC(=O)NCCN1CCC(NC(=O)C(=O)Nc2ccc(Cl)cc2)CC1. The molecule has 2 rings (SSSR count). The summed E-state index contributed by atoms with van der Waals surface area (Å²) in [5.74, 6) is -1.26. The van der Waals surface area contributed by atoms with E-state index in [1.807, 2.05) is 0 Å². The van der Waals surface area contributed by atoms with Crippen molar-refractivity contribution in [3.8, 4) is 0 Å². The average molecular weight is 466 g/mol. The van der Waals surface area contributed by atoms with E-state index in [9.17, 15) is 14.4 Å². The fraction of sp³-hybridized carbons (Fsp3) is 0.524. The van der Waals surface area contributed by atoms with Crippen molar-refractivity contribution in [3.63, 3.8) is 0 Å². The first-order valence-electron chi connectivity index (χ1n) is 10.8. The summed E-state index contributed by atoms with van der Waals surface area (Å²) in [5, 5.41) is 8.81. The molecule has 1 aliphatic rings. The van der Waals surface area contributed by atoms with E-state index in [-0.39, 0.29) is 17.9 Å². The predicted molar refractivity (Wildman–Crippen MR) is 125 cm³/mol. The van der Waals surface area contributed by atoms with Crippen LogP contribution in [-0.4, -0.2) is 67.3 Å². The summed E-state index contributed by atoms with van der Waals surface area (Å²) in [4.78, 5) is 42.2. The van der Waals surface area contributed by atoms with Crippen molar-refractivity contribution in [2.75, 3.05) is 38.0 Å². The summed E-state index contributed by atoms with van der Waals surface area (Å²) in [6.07, 6.45) is 3.45. The Bertz CT molecular complexity index is 789. The number of anilines is 1. The summed E-state index contributed by atoms with van der Waals surface area (Å²) in [5.41, 5.74) is 11.0. The van der Waals surface area contributed by atoms with Gasteiger partial charge in [0.25, 0.3) is 0 Å². The molecule has 1 aromatic carbocycles. The second-order valence-corrected chi connectivity index (χ2v) is 8.10. The van der Waals surface area contributed by atoms with Gasteiger partial charge in [-0.05, 0) is 49.9 Å². The van der Waals surface area contributed by atoms with Gasteiger partial charge < -0.3 is 32.3 Å². The first-order chi connectivity index (χ1) is 15.3. The van der Waals surface area contributed by atoms with Gasteiger partial charge in [0.2, 0.25) is 5.91 Å². The van der Waals surface area contributed by atoms with Crippen LogP contribution in [0.4, 0.5) is 5.69 Å². The molecule has 32 heavy (non-hydrogen) atoms. The molecule has 1 aliphatic heterocycles.